The minimum Gasteiger partial charge on any atom is -0.293 e. The molecule has 0 atom stereocenters. The van der Waals surface area contributed by atoms with Crippen molar-refractivity contribution in [3.8, 4) is 0 Å². The van der Waals surface area contributed by atoms with Gasteiger partial charge < -0.3 is 0 Å². The highest BCUT2D eigenvalue weighted by molar-refractivity contribution is 7.09. The van der Waals surface area contributed by atoms with Crippen molar-refractivity contribution in [1.82, 2.24) is 9.78 Å². The van der Waals surface area contributed by atoms with E-state index in [1.54, 1.807) is 0 Å². The lowest BCUT2D eigenvalue weighted by Crippen LogP contribution is -2.32. The molecule has 0 aliphatic heterocycles. The predicted octanol–water partition coefficient (Wildman–Crippen LogP) is 4.25. The predicted molar refractivity (Wildman–Crippen MR) is 81.8 cm³/mol. The SMILES string of the molecule is CC1(C)CCc2c(c(Cc3cccs3)nn2CC(F)(F)F)C1=O. The summed E-state index contributed by atoms with van der Waals surface area (Å²) >= 11 is 1.51. The molecule has 0 unspecified atom stereocenters. The number of hydrogen-bond donors (Lipinski definition) is 0. The second-order valence-corrected chi connectivity index (χ2v) is 7.54. The van der Waals surface area contributed by atoms with Crippen LogP contribution in [0.1, 0.15) is 46.9 Å². The molecule has 0 amide bonds. The van der Waals surface area contributed by atoms with Crippen molar-refractivity contribution in [2.24, 2.45) is 5.41 Å². The summed E-state index contributed by atoms with van der Waals surface area (Å²) in [6.07, 6.45) is -2.97. The van der Waals surface area contributed by atoms with E-state index in [0.717, 1.165) is 9.56 Å². The zero-order valence-electron chi connectivity index (χ0n) is 12.9. The summed E-state index contributed by atoms with van der Waals surface area (Å²) in [6, 6.07) is 3.78. The molecule has 1 aliphatic rings. The van der Waals surface area contributed by atoms with E-state index in [-0.39, 0.29) is 5.78 Å². The summed E-state index contributed by atoms with van der Waals surface area (Å²) in [4.78, 5) is 13.7. The van der Waals surface area contributed by atoms with E-state index in [2.05, 4.69) is 5.10 Å². The maximum absolute atomic E-state index is 12.8. The van der Waals surface area contributed by atoms with Gasteiger partial charge in [-0.15, -0.1) is 11.3 Å². The number of nitrogens with zero attached hydrogens (tertiary/aromatic N) is 2. The lowest BCUT2D eigenvalue weighted by Gasteiger charge is -2.28. The first-order valence-electron chi connectivity index (χ1n) is 7.40. The first kappa shape index (κ1) is 16.2. The number of alkyl halides is 3. The molecule has 0 aromatic carbocycles. The molecule has 124 valence electrons. The van der Waals surface area contributed by atoms with Gasteiger partial charge in [0, 0.05) is 22.4 Å². The first-order chi connectivity index (χ1) is 10.7. The van der Waals surface area contributed by atoms with Gasteiger partial charge in [-0.3, -0.25) is 9.48 Å². The molecule has 1 aliphatic carbocycles. The highest BCUT2D eigenvalue weighted by atomic mass is 32.1. The van der Waals surface area contributed by atoms with E-state index in [1.165, 1.54) is 11.3 Å². The van der Waals surface area contributed by atoms with Crippen LogP contribution in [0.3, 0.4) is 0 Å². The van der Waals surface area contributed by atoms with Gasteiger partial charge in [-0.2, -0.15) is 18.3 Å². The zero-order chi connectivity index (χ0) is 16.8. The molecule has 0 bridgehead atoms. The van der Waals surface area contributed by atoms with Crippen LogP contribution in [-0.4, -0.2) is 21.7 Å². The third-order valence-corrected chi connectivity index (χ3v) is 5.09. The molecule has 0 fully saturated rings. The summed E-state index contributed by atoms with van der Waals surface area (Å²) in [5.74, 6) is -0.0984. The molecule has 0 spiro atoms. The summed E-state index contributed by atoms with van der Waals surface area (Å²) in [5.41, 5.74) is 0.741. The fraction of sp³-hybridized carbons (Fsp3) is 0.500. The number of Topliss-reactive ketones (excluding diaryl/α,β-unsaturated/α-hetero) is 1. The minimum atomic E-state index is -4.35. The smallest absolute Gasteiger partial charge is 0.293 e. The van der Waals surface area contributed by atoms with E-state index >= 15 is 0 Å². The molecular formula is C16H17F3N2OS. The van der Waals surface area contributed by atoms with Crippen molar-refractivity contribution in [3.05, 3.63) is 39.3 Å². The third-order valence-electron chi connectivity index (χ3n) is 4.21. The third kappa shape index (κ3) is 3.20. The minimum absolute atomic E-state index is 0.0984. The molecular weight excluding hydrogens is 325 g/mol. The number of thiophene rings is 1. The standard InChI is InChI=1S/C16H17F3N2OS/c1-15(2)6-5-12-13(14(15)22)11(8-10-4-3-7-23-10)20-21(12)9-16(17,18)19/h3-4,7H,5-6,8-9H2,1-2H3. The van der Waals surface area contributed by atoms with E-state index in [1.807, 2.05) is 31.4 Å². The molecule has 0 saturated carbocycles. The Hall–Kier alpha value is -1.63. The van der Waals surface area contributed by atoms with Crippen molar-refractivity contribution in [1.29, 1.82) is 0 Å². The van der Waals surface area contributed by atoms with Crippen LogP contribution < -0.4 is 0 Å². The molecule has 0 radical (unpaired) electrons. The Morgan fingerprint density at radius 3 is 2.74 bits per heavy atom. The van der Waals surface area contributed by atoms with E-state index in [9.17, 15) is 18.0 Å². The average Bonchev–Trinajstić information content (AvgIpc) is 3.02. The quantitative estimate of drug-likeness (QED) is 0.836. The van der Waals surface area contributed by atoms with Crippen molar-refractivity contribution in [3.63, 3.8) is 0 Å². The lowest BCUT2D eigenvalue weighted by atomic mass is 9.74. The highest BCUT2D eigenvalue weighted by Crippen LogP contribution is 2.37. The van der Waals surface area contributed by atoms with Gasteiger partial charge in [-0.1, -0.05) is 19.9 Å². The summed E-state index contributed by atoms with van der Waals surface area (Å²) in [6.45, 7) is 2.54. The Balaban J connectivity index is 2.06. The number of halogens is 3. The van der Waals surface area contributed by atoms with Crippen molar-refractivity contribution in [2.45, 2.75) is 45.8 Å². The second kappa shape index (κ2) is 5.47. The van der Waals surface area contributed by atoms with Crippen LogP contribution in [0.15, 0.2) is 17.5 Å². The number of aromatic nitrogens is 2. The number of fused-ring (bicyclic) bond motifs is 1. The van der Waals surface area contributed by atoms with Crippen LogP contribution in [0.5, 0.6) is 0 Å². The Labute approximate surface area is 136 Å². The number of carbonyl (C=O) groups is 1. The van der Waals surface area contributed by atoms with Gasteiger partial charge in [-0.25, -0.2) is 0 Å². The van der Waals surface area contributed by atoms with Crippen LogP contribution in [0.2, 0.25) is 0 Å². The molecule has 7 heteroatoms. The van der Waals surface area contributed by atoms with Gasteiger partial charge in [-0.05, 0) is 24.3 Å². The molecule has 3 rings (SSSR count). The Bertz CT molecular complexity index is 729. The number of rotatable bonds is 3. The monoisotopic (exact) mass is 342 g/mol. The topological polar surface area (TPSA) is 34.9 Å². The molecule has 2 aromatic rings. The van der Waals surface area contributed by atoms with E-state index in [0.29, 0.717) is 36.2 Å². The number of hydrogen-bond acceptors (Lipinski definition) is 3. The van der Waals surface area contributed by atoms with Gasteiger partial charge in [0.1, 0.15) is 6.54 Å². The largest absolute Gasteiger partial charge is 0.408 e. The normalized spacial score (nSPS) is 17.3. The van der Waals surface area contributed by atoms with Gasteiger partial charge in [0.2, 0.25) is 0 Å². The van der Waals surface area contributed by atoms with E-state index < -0.39 is 18.1 Å². The Morgan fingerprint density at radius 2 is 2.13 bits per heavy atom. The van der Waals surface area contributed by atoms with Crippen LogP contribution in [0, 0.1) is 5.41 Å². The van der Waals surface area contributed by atoms with Crippen LogP contribution in [0.25, 0.3) is 0 Å². The van der Waals surface area contributed by atoms with Gasteiger partial charge in [0.05, 0.1) is 11.3 Å². The number of ketones is 1. The van der Waals surface area contributed by atoms with Crippen LogP contribution >= 0.6 is 11.3 Å². The summed E-state index contributed by atoms with van der Waals surface area (Å²) < 4.78 is 39.4. The molecule has 2 heterocycles. The molecule has 3 nitrogen and oxygen atoms in total. The second-order valence-electron chi connectivity index (χ2n) is 6.51. The van der Waals surface area contributed by atoms with Crippen LogP contribution in [-0.2, 0) is 19.4 Å². The van der Waals surface area contributed by atoms with Crippen molar-refractivity contribution < 1.29 is 18.0 Å². The average molecular weight is 342 g/mol. The maximum Gasteiger partial charge on any atom is 0.408 e. The zero-order valence-corrected chi connectivity index (χ0v) is 13.7. The van der Waals surface area contributed by atoms with Crippen LogP contribution in [0.4, 0.5) is 13.2 Å². The number of carbonyl (C=O) groups excluding carboxylic acids is 1. The Morgan fingerprint density at radius 1 is 1.39 bits per heavy atom. The van der Waals surface area contributed by atoms with Gasteiger partial charge >= 0.3 is 6.18 Å². The first-order valence-corrected chi connectivity index (χ1v) is 8.28. The summed E-state index contributed by atoms with van der Waals surface area (Å²) in [5, 5.41) is 6.05. The fourth-order valence-corrected chi connectivity index (χ4v) is 3.66. The van der Waals surface area contributed by atoms with Gasteiger partial charge in [0.15, 0.2) is 5.78 Å². The molecule has 0 N–H and O–H groups in total. The molecule has 23 heavy (non-hydrogen) atoms. The molecule has 0 saturated heterocycles. The highest BCUT2D eigenvalue weighted by Gasteiger charge is 2.40. The summed E-state index contributed by atoms with van der Waals surface area (Å²) in [7, 11) is 0. The van der Waals surface area contributed by atoms with Crippen molar-refractivity contribution in [2.75, 3.05) is 0 Å². The van der Waals surface area contributed by atoms with Crippen molar-refractivity contribution >= 4 is 17.1 Å². The molecule has 2 aromatic heterocycles. The lowest BCUT2D eigenvalue weighted by molar-refractivity contribution is -0.143. The maximum atomic E-state index is 12.8. The fourth-order valence-electron chi connectivity index (χ4n) is 2.95. The Kier molecular flexibility index (Phi) is 3.86. The van der Waals surface area contributed by atoms with Gasteiger partial charge in [0.25, 0.3) is 0 Å². The van der Waals surface area contributed by atoms with E-state index in [4.69, 9.17) is 0 Å².